The number of piperidine rings is 1. The summed E-state index contributed by atoms with van der Waals surface area (Å²) >= 11 is 1.78. The largest absolute Gasteiger partial charge is 0.296 e. The summed E-state index contributed by atoms with van der Waals surface area (Å²) in [6.45, 7) is 10.9. The molecule has 1 aliphatic rings. The fourth-order valence-corrected chi connectivity index (χ4v) is 5.07. The highest BCUT2D eigenvalue weighted by Crippen LogP contribution is 2.33. The normalized spacial score (nSPS) is 19.8. The smallest absolute Gasteiger partial charge is 0.0907 e. The fraction of sp³-hybridized carbons (Fsp3) is 0.455. The predicted molar refractivity (Wildman–Crippen MR) is 110 cm³/mol. The Morgan fingerprint density at radius 1 is 1.08 bits per heavy atom. The minimum Gasteiger partial charge on any atom is -0.296 e. The van der Waals surface area contributed by atoms with E-state index in [0.717, 1.165) is 28.5 Å². The first-order chi connectivity index (χ1) is 12.5. The summed E-state index contributed by atoms with van der Waals surface area (Å²) in [5.74, 6) is 0.608. The number of nitrogens with zero attached hydrogens (tertiary/aromatic N) is 3. The minimum absolute atomic E-state index is 0.424. The third kappa shape index (κ3) is 3.53. The Morgan fingerprint density at radius 3 is 2.62 bits per heavy atom. The van der Waals surface area contributed by atoms with Crippen LogP contribution in [0, 0.1) is 20.8 Å². The molecule has 0 spiro atoms. The van der Waals surface area contributed by atoms with E-state index in [1.807, 2.05) is 0 Å². The first kappa shape index (κ1) is 17.6. The summed E-state index contributed by atoms with van der Waals surface area (Å²) < 4.78 is 1.29. The van der Waals surface area contributed by atoms with Gasteiger partial charge in [-0.15, -0.1) is 11.3 Å². The van der Waals surface area contributed by atoms with Crippen molar-refractivity contribution in [3.05, 3.63) is 57.9 Å². The van der Waals surface area contributed by atoms with Crippen molar-refractivity contribution in [1.82, 2.24) is 14.9 Å². The van der Waals surface area contributed by atoms with Gasteiger partial charge >= 0.3 is 0 Å². The van der Waals surface area contributed by atoms with E-state index in [1.54, 1.807) is 11.3 Å². The van der Waals surface area contributed by atoms with Crippen LogP contribution in [-0.2, 0) is 0 Å². The van der Waals surface area contributed by atoms with Crippen LogP contribution in [0.15, 0.2) is 30.3 Å². The number of thiazole rings is 1. The van der Waals surface area contributed by atoms with Crippen molar-refractivity contribution in [2.75, 3.05) is 13.1 Å². The molecule has 0 N–H and O–H groups in total. The highest BCUT2D eigenvalue weighted by atomic mass is 32.1. The number of hydrogen-bond acceptors (Lipinski definition) is 4. The topological polar surface area (TPSA) is 29.0 Å². The molecule has 1 saturated heterocycles. The van der Waals surface area contributed by atoms with E-state index in [0.29, 0.717) is 12.0 Å². The van der Waals surface area contributed by atoms with E-state index in [2.05, 4.69) is 72.9 Å². The number of aryl methyl sites for hydroxylation is 3. The molecule has 0 amide bonds. The zero-order valence-electron chi connectivity index (χ0n) is 16.1. The monoisotopic (exact) mass is 365 g/mol. The molecule has 3 heterocycles. The third-order valence-electron chi connectivity index (χ3n) is 5.58. The molecule has 0 unspecified atom stereocenters. The molecule has 3 nitrogen and oxygen atoms in total. The lowest BCUT2D eigenvalue weighted by molar-refractivity contribution is 0.158. The Morgan fingerprint density at radius 2 is 1.85 bits per heavy atom. The molecule has 0 saturated carbocycles. The van der Waals surface area contributed by atoms with Crippen molar-refractivity contribution in [3.63, 3.8) is 0 Å². The van der Waals surface area contributed by atoms with Crippen LogP contribution in [-0.4, -0.2) is 28.0 Å². The molecule has 3 aromatic rings. The summed E-state index contributed by atoms with van der Waals surface area (Å²) in [5.41, 5.74) is 6.25. The Bertz CT molecular complexity index is 910. The molecular formula is C22H27N3S. The highest BCUT2D eigenvalue weighted by Gasteiger charge is 2.26. The van der Waals surface area contributed by atoms with E-state index in [-0.39, 0.29) is 0 Å². The number of benzene rings is 1. The molecule has 0 bridgehead atoms. The first-order valence-electron chi connectivity index (χ1n) is 9.56. The van der Waals surface area contributed by atoms with Crippen LogP contribution < -0.4 is 0 Å². The summed E-state index contributed by atoms with van der Waals surface area (Å²) in [6, 6.07) is 11.8. The molecule has 1 aromatic carbocycles. The number of pyridine rings is 1. The fourth-order valence-electron chi connectivity index (χ4n) is 4.26. The maximum Gasteiger partial charge on any atom is 0.0907 e. The van der Waals surface area contributed by atoms with Crippen LogP contribution in [0.1, 0.15) is 59.2 Å². The first-order valence-corrected chi connectivity index (χ1v) is 10.4. The second kappa shape index (κ2) is 7.09. The zero-order valence-corrected chi connectivity index (χ0v) is 16.9. The van der Waals surface area contributed by atoms with Crippen LogP contribution in [0.2, 0.25) is 0 Å². The lowest BCUT2D eigenvalue weighted by atomic mass is 9.89. The van der Waals surface area contributed by atoms with Crippen molar-refractivity contribution in [3.8, 4) is 0 Å². The van der Waals surface area contributed by atoms with Gasteiger partial charge in [-0.25, -0.2) is 4.98 Å². The standard InChI is InChI=1S/C22H27N3S/c1-14-10-20(11-15(2)23-14)19-6-5-9-25(13-19)16(3)18-7-8-22-21(12-18)24-17(4)26-22/h7-8,10-12,16,19H,5-6,9,13H2,1-4H3/t16-,19-/m0/s1. The number of rotatable bonds is 3. The minimum atomic E-state index is 0.424. The molecular weight excluding hydrogens is 338 g/mol. The summed E-state index contributed by atoms with van der Waals surface area (Å²) in [7, 11) is 0. The molecule has 2 atom stereocenters. The highest BCUT2D eigenvalue weighted by molar-refractivity contribution is 7.18. The number of likely N-dealkylation sites (tertiary alicyclic amines) is 1. The number of aromatic nitrogens is 2. The molecule has 1 fully saturated rings. The number of fused-ring (bicyclic) bond motifs is 1. The van der Waals surface area contributed by atoms with Gasteiger partial charge in [-0.2, -0.15) is 0 Å². The molecule has 1 aliphatic heterocycles. The maximum atomic E-state index is 4.68. The molecule has 2 aromatic heterocycles. The molecule has 0 radical (unpaired) electrons. The molecule has 136 valence electrons. The van der Waals surface area contributed by atoms with Crippen LogP contribution in [0.3, 0.4) is 0 Å². The molecule has 0 aliphatic carbocycles. The van der Waals surface area contributed by atoms with E-state index in [9.17, 15) is 0 Å². The maximum absolute atomic E-state index is 4.68. The van der Waals surface area contributed by atoms with E-state index in [1.165, 1.54) is 35.2 Å². The van der Waals surface area contributed by atoms with Crippen molar-refractivity contribution < 1.29 is 0 Å². The van der Waals surface area contributed by atoms with Crippen LogP contribution >= 0.6 is 11.3 Å². The Balaban J connectivity index is 1.56. The van der Waals surface area contributed by atoms with Gasteiger partial charge in [-0.05, 0) is 88.4 Å². The van der Waals surface area contributed by atoms with Gasteiger partial charge in [0.15, 0.2) is 0 Å². The SMILES string of the molecule is Cc1cc([C@H]2CCCN([C@@H](C)c3ccc4sc(C)nc4c3)C2)cc(C)n1. The average Bonchev–Trinajstić information content (AvgIpc) is 2.99. The van der Waals surface area contributed by atoms with Gasteiger partial charge in [0.25, 0.3) is 0 Å². The van der Waals surface area contributed by atoms with E-state index in [4.69, 9.17) is 0 Å². The predicted octanol–water partition coefficient (Wildman–Crippen LogP) is 5.56. The lowest BCUT2D eigenvalue weighted by Gasteiger charge is -2.37. The second-order valence-corrected chi connectivity index (χ2v) is 8.89. The summed E-state index contributed by atoms with van der Waals surface area (Å²) in [4.78, 5) is 11.9. The second-order valence-electron chi connectivity index (χ2n) is 7.65. The lowest BCUT2D eigenvalue weighted by Crippen LogP contribution is -2.36. The summed E-state index contributed by atoms with van der Waals surface area (Å²) in [6.07, 6.45) is 2.53. The third-order valence-corrected chi connectivity index (χ3v) is 6.53. The number of hydrogen-bond donors (Lipinski definition) is 0. The Kier molecular flexibility index (Phi) is 4.80. The van der Waals surface area contributed by atoms with Crippen molar-refractivity contribution in [1.29, 1.82) is 0 Å². The van der Waals surface area contributed by atoms with Crippen LogP contribution in [0.25, 0.3) is 10.2 Å². The van der Waals surface area contributed by atoms with Crippen molar-refractivity contribution in [2.24, 2.45) is 0 Å². The van der Waals surface area contributed by atoms with Crippen molar-refractivity contribution >= 4 is 21.6 Å². The van der Waals surface area contributed by atoms with Crippen LogP contribution in [0.4, 0.5) is 0 Å². The van der Waals surface area contributed by atoms with E-state index < -0.39 is 0 Å². The van der Waals surface area contributed by atoms with Gasteiger partial charge < -0.3 is 0 Å². The Hall–Kier alpha value is -1.78. The van der Waals surface area contributed by atoms with Gasteiger partial charge in [0.2, 0.25) is 0 Å². The molecule has 4 rings (SSSR count). The Labute approximate surface area is 160 Å². The zero-order chi connectivity index (χ0) is 18.3. The average molecular weight is 366 g/mol. The molecule has 26 heavy (non-hydrogen) atoms. The van der Waals surface area contributed by atoms with Crippen LogP contribution in [0.5, 0.6) is 0 Å². The van der Waals surface area contributed by atoms with Gasteiger partial charge in [-0.3, -0.25) is 9.88 Å². The summed E-state index contributed by atoms with van der Waals surface area (Å²) in [5, 5.41) is 1.14. The van der Waals surface area contributed by atoms with E-state index >= 15 is 0 Å². The van der Waals surface area contributed by atoms with Gasteiger partial charge in [-0.1, -0.05) is 6.07 Å². The molecule has 4 heteroatoms. The van der Waals surface area contributed by atoms with Gasteiger partial charge in [0.1, 0.15) is 0 Å². The quantitative estimate of drug-likeness (QED) is 0.609. The van der Waals surface area contributed by atoms with Crippen molar-refractivity contribution in [2.45, 2.75) is 52.5 Å². The van der Waals surface area contributed by atoms with Gasteiger partial charge in [0.05, 0.1) is 15.2 Å². The van der Waals surface area contributed by atoms with Gasteiger partial charge in [0, 0.05) is 24.0 Å².